The van der Waals surface area contributed by atoms with E-state index in [1.54, 1.807) is 0 Å². The maximum absolute atomic E-state index is 12.5. The lowest BCUT2D eigenvalue weighted by Crippen LogP contribution is -2.34. The van der Waals surface area contributed by atoms with Crippen LogP contribution in [-0.2, 0) is 11.2 Å². The number of rotatable bonds is 8. The lowest BCUT2D eigenvalue weighted by atomic mass is 10.1. The van der Waals surface area contributed by atoms with E-state index in [9.17, 15) is 4.79 Å². The standard InChI is InChI=1S/C26H24ClN3OS/c1-18(12-13-19-8-4-2-5-9-19)28-24(31)17-32-26-29-23-15-14-21(27)16-22(23)25(30-26)20-10-6-3-7-11-20/h2-11,14-16,18H,12-13,17H2,1H3,(H,28,31)/t18-/m1/s1. The number of hydrogen-bond acceptors (Lipinski definition) is 4. The summed E-state index contributed by atoms with van der Waals surface area (Å²) in [6, 6.07) is 26.0. The molecular formula is C26H24ClN3OS. The van der Waals surface area contributed by atoms with E-state index >= 15 is 0 Å². The second kappa shape index (κ2) is 10.6. The molecule has 32 heavy (non-hydrogen) atoms. The van der Waals surface area contributed by atoms with Gasteiger partial charge in [0.15, 0.2) is 5.16 Å². The molecule has 6 heteroatoms. The Labute approximate surface area is 197 Å². The first-order valence-corrected chi connectivity index (χ1v) is 11.9. The van der Waals surface area contributed by atoms with Gasteiger partial charge in [0.1, 0.15) is 0 Å². The normalized spacial score (nSPS) is 11.9. The maximum atomic E-state index is 12.5. The molecule has 4 aromatic rings. The van der Waals surface area contributed by atoms with Crippen LogP contribution in [-0.4, -0.2) is 27.7 Å². The van der Waals surface area contributed by atoms with E-state index in [0.29, 0.717) is 10.2 Å². The van der Waals surface area contributed by atoms with E-state index in [1.807, 2.05) is 73.7 Å². The van der Waals surface area contributed by atoms with Crippen molar-refractivity contribution in [3.05, 3.63) is 89.4 Å². The summed E-state index contributed by atoms with van der Waals surface area (Å²) in [7, 11) is 0. The molecule has 0 aliphatic rings. The Morgan fingerprint density at radius 2 is 1.72 bits per heavy atom. The van der Waals surface area contributed by atoms with Crippen molar-refractivity contribution in [2.75, 3.05) is 5.75 Å². The summed E-state index contributed by atoms with van der Waals surface area (Å²) < 4.78 is 0. The first kappa shape index (κ1) is 22.3. The van der Waals surface area contributed by atoms with E-state index in [4.69, 9.17) is 16.6 Å². The van der Waals surface area contributed by atoms with Gasteiger partial charge in [-0.15, -0.1) is 0 Å². The number of carbonyl (C=O) groups excluding carboxylic acids is 1. The minimum absolute atomic E-state index is 0.0170. The molecule has 4 nitrogen and oxygen atoms in total. The van der Waals surface area contributed by atoms with Gasteiger partial charge in [-0.2, -0.15) is 0 Å². The van der Waals surface area contributed by atoms with Crippen LogP contribution in [0.5, 0.6) is 0 Å². The van der Waals surface area contributed by atoms with Crippen LogP contribution in [0.15, 0.2) is 84.0 Å². The van der Waals surface area contributed by atoms with Gasteiger partial charge in [0.25, 0.3) is 0 Å². The fraction of sp³-hybridized carbons (Fsp3) is 0.192. The van der Waals surface area contributed by atoms with Crippen molar-refractivity contribution in [2.24, 2.45) is 0 Å². The van der Waals surface area contributed by atoms with Gasteiger partial charge in [-0.05, 0) is 43.5 Å². The summed E-state index contributed by atoms with van der Waals surface area (Å²) in [6.45, 7) is 2.04. The Kier molecular flexibility index (Phi) is 7.40. The molecule has 3 aromatic carbocycles. The second-order valence-electron chi connectivity index (χ2n) is 7.66. The van der Waals surface area contributed by atoms with E-state index in [2.05, 4.69) is 22.4 Å². The van der Waals surface area contributed by atoms with E-state index in [-0.39, 0.29) is 17.7 Å². The fourth-order valence-corrected chi connectivity index (χ4v) is 4.34. The van der Waals surface area contributed by atoms with Crippen LogP contribution in [0.4, 0.5) is 0 Å². The van der Waals surface area contributed by atoms with Gasteiger partial charge in [-0.1, -0.05) is 84.0 Å². The van der Waals surface area contributed by atoms with Crippen molar-refractivity contribution < 1.29 is 4.79 Å². The van der Waals surface area contributed by atoms with Gasteiger partial charge >= 0.3 is 0 Å². The molecule has 4 rings (SSSR count). The third kappa shape index (κ3) is 5.87. The van der Waals surface area contributed by atoms with Gasteiger partial charge in [0.05, 0.1) is 17.0 Å². The Hall–Kier alpha value is -2.89. The van der Waals surface area contributed by atoms with Crippen molar-refractivity contribution in [1.29, 1.82) is 0 Å². The summed E-state index contributed by atoms with van der Waals surface area (Å²) >= 11 is 7.57. The maximum Gasteiger partial charge on any atom is 0.230 e. The molecule has 0 radical (unpaired) electrons. The topological polar surface area (TPSA) is 54.9 Å². The van der Waals surface area contributed by atoms with Crippen molar-refractivity contribution in [3.63, 3.8) is 0 Å². The lowest BCUT2D eigenvalue weighted by molar-refractivity contribution is -0.119. The summed E-state index contributed by atoms with van der Waals surface area (Å²) in [5, 5.41) is 5.19. The minimum atomic E-state index is -0.0170. The van der Waals surface area contributed by atoms with E-state index in [0.717, 1.165) is 35.0 Å². The van der Waals surface area contributed by atoms with Gasteiger partial charge < -0.3 is 5.32 Å². The highest BCUT2D eigenvalue weighted by Crippen LogP contribution is 2.30. The Morgan fingerprint density at radius 3 is 2.47 bits per heavy atom. The van der Waals surface area contributed by atoms with Crippen molar-refractivity contribution in [2.45, 2.75) is 31.0 Å². The number of aromatic nitrogens is 2. The quantitative estimate of drug-likeness (QED) is 0.251. The van der Waals surface area contributed by atoms with Gasteiger partial charge in [0, 0.05) is 22.0 Å². The van der Waals surface area contributed by atoms with Crippen LogP contribution >= 0.6 is 23.4 Å². The minimum Gasteiger partial charge on any atom is -0.353 e. The van der Waals surface area contributed by atoms with Crippen LogP contribution < -0.4 is 5.32 Å². The first-order chi connectivity index (χ1) is 15.6. The highest BCUT2D eigenvalue weighted by molar-refractivity contribution is 7.99. The number of nitrogens with zero attached hydrogens (tertiary/aromatic N) is 2. The van der Waals surface area contributed by atoms with Crippen molar-refractivity contribution >= 4 is 40.2 Å². The number of halogens is 1. The van der Waals surface area contributed by atoms with Gasteiger partial charge in [-0.25, -0.2) is 9.97 Å². The molecule has 0 bridgehead atoms. The van der Waals surface area contributed by atoms with Gasteiger partial charge in [0.2, 0.25) is 5.91 Å². The monoisotopic (exact) mass is 461 g/mol. The third-order valence-corrected chi connectivity index (χ3v) is 6.22. The molecule has 1 atom stereocenters. The first-order valence-electron chi connectivity index (χ1n) is 10.6. The summed E-state index contributed by atoms with van der Waals surface area (Å²) in [5.74, 6) is 0.250. The average Bonchev–Trinajstić information content (AvgIpc) is 2.82. The summed E-state index contributed by atoms with van der Waals surface area (Å²) in [4.78, 5) is 21.9. The molecule has 0 unspecified atom stereocenters. The molecule has 1 N–H and O–H groups in total. The zero-order chi connectivity index (χ0) is 22.3. The second-order valence-corrected chi connectivity index (χ2v) is 9.04. The van der Waals surface area contributed by atoms with E-state index in [1.165, 1.54) is 17.3 Å². The zero-order valence-corrected chi connectivity index (χ0v) is 19.4. The highest BCUT2D eigenvalue weighted by atomic mass is 35.5. The molecular weight excluding hydrogens is 438 g/mol. The Morgan fingerprint density at radius 1 is 1.00 bits per heavy atom. The summed E-state index contributed by atoms with van der Waals surface area (Å²) in [6.07, 6.45) is 1.83. The number of carbonyl (C=O) groups is 1. The van der Waals surface area contributed by atoms with E-state index < -0.39 is 0 Å². The lowest BCUT2D eigenvalue weighted by Gasteiger charge is -2.14. The van der Waals surface area contributed by atoms with Crippen LogP contribution in [0, 0.1) is 0 Å². The number of aryl methyl sites for hydroxylation is 1. The molecule has 162 valence electrons. The van der Waals surface area contributed by atoms with Crippen LogP contribution in [0.25, 0.3) is 22.2 Å². The molecule has 0 saturated heterocycles. The molecule has 0 fully saturated rings. The highest BCUT2D eigenvalue weighted by Gasteiger charge is 2.13. The third-order valence-electron chi connectivity index (χ3n) is 5.13. The Bertz CT molecular complexity index is 1200. The number of amides is 1. The number of thioether (sulfide) groups is 1. The van der Waals surface area contributed by atoms with Gasteiger partial charge in [-0.3, -0.25) is 4.79 Å². The molecule has 1 heterocycles. The molecule has 1 amide bonds. The van der Waals surface area contributed by atoms with Crippen LogP contribution in [0.2, 0.25) is 5.02 Å². The molecule has 0 spiro atoms. The zero-order valence-electron chi connectivity index (χ0n) is 17.8. The average molecular weight is 462 g/mol. The SMILES string of the molecule is C[C@H](CCc1ccccc1)NC(=O)CSc1nc(-c2ccccc2)c2cc(Cl)ccc2n1. The van der Waals surface area contributed by atoms with Crippen molar-refractivity contribution in [1.82, 2.24) is 15.3 Å². The predicted molar refractivity (Wildman–Crippen MR) is 133 cm³/mol. The molecule has 1 aromatic heterocycles. The number of fused-ring (bicyclic) bond motifs is 1. The predicted octanol–water partition coefficient (Wildman–Crippen LogP) is 6.18. The van der Waals surface area contributed by atoms with Crippen molar-refractivity contribution in [3.8, 4) is 11.3 Å². The molecule has 0 saturated carbocycles. The number of nitrogens with one attached hydrogen (secondary N) is 1. The molecule has 0 aliphatic carbocycles. The van der Waals surface area contributed by atoms with Crippen LogP contribution in [0.1, 0.15) is 18.9 Å². The number of hydrogen-bond donors (Lipinski definition) is 1. The Balaban J connectivity index is 1.42. The largest absolute Gasteiger partial charge is 0.353 e. The smallest absolute Gasteiger partial charge is 0.230 e. The fourth-order valence-electron chi connectivity index (χ4n) is 3.51. The summed E-state index contributed by atoms with van der Waals surface area (Å²) in [5.41, 5.74) is 3.89. The number of benzene rings is 3. The molecule has 0 aliphatic heterocycles. The van der Waals surface area contributed by atoms with Crippen LogP contribution in [0.3, 0.4) is 0 Å².